The first-order valence-corrected chi connectivity index (χ1v) is 10.9. The summed E-state index contributed by atoms with van der Waals surface area (Å²) >= 11 is 1.46. The Morgan fingerprint density at radius 2 is 1.90 bits per heavy atom. The van der Waals surface area contributed by atoms with E-state index in [9.17, 15) is 4.79 Å². The Hall–Kier alpha value is -2.90. The van der Waals surface area contributed by atoms with Crippen LogP contribution >= 0.6 is 11.8 Å². The number of rotatable bonds is 9. The number of para-hydroxylation sites is 1. The van der Waals surface area contributed by atoms with E-state index in [-0.39, 0.29) is 5.56 Å². The fourth-order valence-electron chi connectivity index (χ4n) is 3.16. The van der Waals surface area contributed by atoms with Crippen LogP contribution < -0.4 is 5.56 Å². The standard InChI is InChI=1S/C23H23N3O3S/c1-2-28-14-8-13-26-22(27)18-11-6-7-12-19(18)25-23(26)30-16-21-24-15-20(29-21)17-9-4-3-5-10-17/h3-7,9-12,15H,2,8,13-14,16H2,1H3. The van der Waals surface area contributed by atoms with Gasteiger partial charge in [0.05, 0.1) is 22.9 Å². The molecule has 4 aromatic rings. The van der Waals surface area contributed by atoms with Crippen LogP contribution in [0.5, 0.6) is 0 Å². The van der Waals surface area contributed by atoms with Crippen LogP contribution in [0, 0.1) is 0 Å². The van der Waals surface area contributed by atoms with Crippen molar-refractivity contribution in [1.29, 1.82) is 0 Å². The lowest BCUT2D eigenvalue weighted by atomic mass is 10.2. The van der Waals surface area contributed by atoms with Gasteiger partial charge in [0, 0.05) is 25.3 Å². The second kappa shape index (κ2) is 9.73. The highest BCUT2D eigenvalue weighted by Crippen LogP contribution is 2.25. The van der Waals surface area contributed by atoms with Crippen molar-refractivity contribution in [1.82, 2.24) is 14.5 Å². The Morgan fingerprint density at radius 3 is 2.73 bits per heavy atom. The van der Waals surface area contributed by atoms with Crippen LogP contribution in [0.1, 0.15) is 19.2 Å². The van der Waals surface area contributed by atoms with E-state index in [1.165, 1.54) is 11.8 Å². The molecule has 0 unspecified atom stereocenters. The molecule has 0 radical (unpaired) electrons. The van der Waals surface area contributed by atoms with Gasteiger partial charge in [0.2, 0.25) is 5.89 Å². The summed E-state index contributed by atoms with van der Waals surface area (Å²) in [6.45, 7) is 3.80. The lowest BCUT2D eigenvalue weighted by Gasteiger charge is -2.12. The van der Waals surface area contributed by atoms with E-state index in [1.807, 2.05) is 61.5 Å². The number of thioether (sulfide) groups is 1. The number of aromatic nitrogens is 3. The monoisotopic (exact) mass is 421 g/mol. The summed E-state index contributed by atoms with van der Waals surface area (Å²) in [5.74, 6) is 1.82. The highest BCUT2D eigenvalue weighted by atomic mass is 32.2. The second-order valence-electron chi connectivity index (χ2n) is 6.69. The lowest BCUT2D eigenvalue weighted by molar-refractivity contribution is 0.140. The summed E-state index contributed by atoms with van der Waals surface area (Å²) in [7, 11) is 0. The van der Waals surface area contributed by atoms with Crippen molar-refractivity contribution in [3.63, 3.8) is 0 Å². The molecule has 0 bridgehead atoms. The first-order valence-electron chi connectivity index (χ1n) is 9.96. The third-order valence-electron chi connectivity index (χ3n) is 4.64. The largest absolute Gasteiger partial charge is 0.440 e. The van der Waals surface area contributed by atoms with Crippen molar-refractivity contribution in [3.8, 4) is 11.3 Å². The number of nitrogens with zero attached hydrogens (tertiary/aromatic N) is 3. The van der Waals surface area contributed by atoms with Gasteiger partial charge in [-0.15, -0.1) is 0 Å². The maximum absolute atomic E-state index is 13.0. The van der Waals surface area contributed by atoms with Crippen LogP contribution in [0.25, 0.3) is 22.2 Å². The fourth-order valence-corrected chi connectivity index (χ4v) is 4.04. The second-order valence-corrected chi connectivity index (χ2v) is 7.63. The van der Waals surface area contributed by atoms with Gasteiger partial charge in [-0.1, -0.05) is 54.2 Å². The molecule has 154 valence electrons. The lowest BCUT2D eigenvalue weighted by Crippen LogP contribution is -2.24. The Balaban J connectivity index is 1.56. The Morgan fingerprint density at radius 1 is 1.10 bits per heavy atom. The van der Waals surface area contributed by atoms with Gasteiger partial charge in [-0.05, 0) is 25.5 Å². The van der Waals surface area contributed by atoms with Crippen LogP contribution in [0.15, 0.2) is 75.2 Å². The molecule has 0 amide bonds. The molecule has 0 atom stereocenters. The molecule has 30 heavy (non-hydrogen) atoms. The van der Waals surface area contributed by atoms with E-state index in [0.29, 0.717) is 47.5 Å². The molecular formula is C23H23N3O3S. The quantitative estimate of drug-likeness (QED) is 0.220. The highest BCUT2D eigenvalue weighted by Gasteiger charge is 2.13. The molecule has 0 saturated carbocycles. The third kappa shape index (κ3) is 4.63. The topological polar surface area (TPSA) is 70.2 Å². The maximum Gasteiger partial charge on any atom is 0.262 e. The van der Waals surface area contributed by atoms with Crippen LogP contribution in [0.3, 0.4) is 0 Å². The minimum Gasteiger partial charge on any atom is -0.440 e. The third-order valence-corrected chi connectivity index (χ3v) is 5.60. The van der Waals surface area contributed by atoms with Gasteiger partial charge in [0.25, 0.3) is 5.56 Å². The Labute approximate surface area is 178 Å². The summed E-state index contributed by atoms with van der Waals surface area (Å²) in [6, 6.07) is 17.3. The van der Waals surface area contributed by atoms with Crippen molar-refractivity contribution in [3.05, 3.63) is 77.0 Å². The van der Waals surface area contributed by atoms with Crippen LogP contribution in [0.2, 0.25) is 0 Å². The molecule has 0 aliphatic carbocycles. The van der Waals surface area contributed by atoms with E-state index >= 15 is 0 Å². The average molecular weight is 422 g/mol. The minimum absolute atomic E-state index is 0.0306. The predicted molar refractivity (Wildman–Crippen MR) is 119 cm³/mol. The SMILES string of the molecule is CCOCCCn1c(SCc2ncc(-c3ccccc3)o2)nc2ccccc2c1=O. The fraction of sp³-hybridized carbons (Fsp3) is 0.261. The zero-order valence-electron chi connectivity index (χ0n) is 16.8. The smallest absolute Gasteiger partial charge is 0.262 e. The summed E-state index contributed by atoms with van der Waals surface area (Å²) in [5.41, 5.74) is 1.65. The molecule has 2 aromatic carbocycles. The zero-order chi connectivity index (χ0) is 20.8. The molecule has 2 heterocycles. The molecule has 0 aliphatic rings. The van der Waals surface area contributed by atoms with Gasteiger partial charge < -0.3 is 9.15 Å². The van der Waals surface area contributed by atoms with E-state index < -0.39 is 0 Å². The van der Waals surface area contributed by atoms with Gasteiger partial charge in [0.1, 0.15) is 0 Å². The predicted octanol–water partition coefficient (Wildman–Crippen LogP) is 4.77. The van der Waals surface area contributed by atoms with Crippen LogP contribution in [0.4, 0.5) is 0 Å². The minimum atomic E-state index is -0.0306. The van der Waals surface area contributed by atoms with Gasteiger partial charge in [-0.2, -0.15) is 0 Å². The molecular weight excluding hydrogens is 398 g/mol. The number of benzene rings is 2. The van der Waals surface area contributed by atoms with Crippen molar-refractivity contribution in [2.24, 2.45) is 0 Å². The van der Waals surface area contributed by atoms with Crippen molar-refractivity contribution in [2.45, 2.75) is 30.8 Å². The Bertz CT molecular complexity index is 1170. The zero-order valence-corrected chi connectivity index (χ0v) is 17.6. The highest BCUT2D eigenvalue weighted by molar-refractivity contribution is 7.98. The number of fused-ring (bicyclic) bond motifs is 1. The summed E-state index contributed by atoms with van der Waals surface area (Å²) in [6.07, 6.45) is 2.48. The molecule has 7 heteroatoms. The van der Waals surface area contributed by atoms with E-state index in [1.54, 1.807) is 10.8 Å². The van der Waals surface area contributed by atoms with E-state index in [2.05, 4.69) is 4.98 Å². The number of ether oxygens (including phenoxy) is 1. The first kappa shape index (κ1) is 20.4. The van der Waals surface area contributed by atoms with Gasteiger partial charge in [-0.3, -0.25) is 9.36 Å². The molecule has 0 spiro atoms. The number of hydrogen-bond donors (Lipinski definition) is 0. The van der Waals surface area contributed by atoms with Crippen LogP contribution in [-0.4, -0.2) is 27.7 Å². The van der Waals surface area contributed by atoms with Crippen molar-refractivity contribution in [2.75, 3.05) is 13.2 Å². The molecule has 0 saturated heterocycles. The molecule has 4 rings (SSSR count). The summed E-state index contributed by atoms with van der Waals surface area (Å²) in [4.78, 5) is 22.2. The van der Waals surface area contributed by atoms with Crippen molar-refractivity contribution < 1.29 is 9.15 Å². The Kier molecular flexibility index (Phi) is 6.61. The first-order chi connectivity index (χ1) is 14.8. The molecule has 2 aromatic heterocycles. The molecule has 0 N–H and O–H groups in total. The van der Waals surface area contributed by atoms with Crippen LogP contribution in [-0.2, 0) is 17.0 Å². The van der Waals surface area contributed by atoms with Gasteiger partial charge in [0.15, 0.2) is 10.9 Å². The molecule has 0 aliphatic heterocycles. The number of hydrogen-bond acceptors (Lipinski definition) is 6. The van der Waals surface area contributed by atoms with Gasteiger partial charge >= 0.3 is 0 Å². The van der Waals surface area contributed by atoms with Gasteiger partial charge in [-0.25, -0.2) is 9.97 Å². The summed E-state index contributed by atoms with van der Waals surface area (Å²) in [5, 5.41) is 1.29. The number of oxazole rings is 1. The van der Waals surface area contributed by atoms with Crippen molar-refractivity contribution >= 4 is 22.7 Å². The molecule has 0 fully saturated rings. The van der Waals surface area contributed by atoms with E-state index in [0.717, 1.165) is 17.7 Å². The normalized spacial score (nSPS) is 11.2. The summed E-state index contributed by atoms with van der Waals surface area (Å²) < 4.78 is 13.1. The average Bonchev–Trinajstić information content (AvgIpc) is 3.26. The van der Waals surface area contributed by atoms with E-state index in [4.69, 9.17) is 14.1 Å². The maximum atomic E-state index is 13.0. The molecule has 6 nitrogen and oxygen atoms in total.